The molecule has 9 heavy (non-hydrogen) atoms. The Morgan fingerprint density at radius 2 is 2.22 bits per heavy atom. The lowest BCUT2D eigenvalue weighted by atomic mass is 10.5. The predicted molar refractivity (Wildman–Crippen MR) is 40.9 cm³/mol. The quantitative estimate of drug-likeness (QED) is 0.588. The van der Waals surface area contributed by atoms with Crippen LogP contribution in [0.5, 0.6) is 0 Å². The van der Waals surface area contributed by atoms with Crippen molar-refractivity contribution in [3.8, 4) is 0 Å². The van der Waals surface area contributed by atoms with E-state index in [1.54, 1.807) is 0 Å². The molecule has 0 amide bonds. The maximum atomic E-state index is 11.0. The lowest BCUT2D eigenvalue weighted by Crippen LogP contribution is -2.02. The van der Waals surface area contributed by atoms with Crippen molar-refractivity contribution >= 4 is 10.8 Å². The summed E-state index contributed by atoms with van der Waals surface area (Å²) in [5, 5.41) is 0. The van der Waals surface area contributed by atoms with Crippen LogP contribution in [-0.2, 0) is 10.8 Å². The van der Waals surface area contributed by atoms with Crippen LogP contribution in [0.4, 0.5) is 0 Å². The SMILES string of the molecule is CCCS(=O)CC1CC1. The Labute approximate surface area is 59.3 Å². The fourth-order valence-corrected chi connectivity index (χ4v) is 2.34. The van der Waals surface area contributed by atoms with Crippen LogP contribution in [0, 0.1) is 5.92 Å². The van der Waals surface area contributed by atoms with E-state index in [0.717, 1.165) is 23.8 Å². The van der Waals surface area contributed by atoms with E-state index in [0.29, 0.717) is 0 Å². The van der Waals surface area contributed by atoms with Gasteiger partial charge in [-0.2, -0.15) is 0 Å². The van der Waals surface area contributed by atoms with Crippen molar-refractivity contribution in [2.75, 3.05) is 11.5 Å². The van der Waals surface area contributed by atoms with Crippen LogP contribution < -0.4 is 0 Å². The zero-order valence-corrected chi connectivity index (χ0v) is 6.75. The molecule has 0 aromatic heterocycles. The van der Waals surface area contributed by atoms with E-state index >= 15 is 0 Å². The van der Waals surface area contributed by atoms with Gasteiger partial charge in [-0.3, -0.25) is 4.21 Å². The number of hydrogen-bond acceptors (Lipinski definition) is 1. The molecule has 54 valence electrons. The van der Waals surface area contributed by atoms with Gasteiger partial charge in [0.15, 0.2) is 0 Å². The van der Waals surface area contributed by atoms with E-state index in [4.69, 9.17) is 0 Å². The van der Waals surface area contributed by atoms with Gasteiger partial charge in [0, 0.05) is 22.3 Å². The van der Waals surface area contributed by atoms with Gasteiger partial charge in [-0.05, 0) is 25.2 Å². The Balaban J connectivity index is 2.02. The van der Waals surface area contributed by atoms with Crippen molar-refractivity contribution in [3.63, 3.8) is 0 Å². The molecule has 0 heterocycles. The Hall–Kier alpha value is 0.150. The highest BCUT2D eigenvalue weighted by Crippen LogP contribution is 2.29. The zero-order chi connectivity index (χ0) is 6.69. The first-order chi connectivity index (χ1) is 4.33. The molecule has 1 nitrogen and oxygen atoms in total. The predicted octanol–water partition coefficient (Wildman–Crippen LogP) is 1.56. The zero-order valence-electron chi connectivity index (χ0n) is 5.93. The molecule has 0 N–H and O–H groups in total. The van der Waals surface area contributed by atoms with Gasteiger partial charge in [-0.15, -0.1) is 0 Å². The van der Waals surface area contributed by atoms with Crippen molar-refractivity contribution in [2.45, 2.75) is 26.2 Å². The molecule has 2 heteroatoms. The Kier molecular flexibility index (Phi) is 2.70. The molecule has 1 rings (SSSR count). The molecule has 0 aromatic carbocycles. The summed E-state index contributed by atoms with van der Waals surface area (Å²) < 4.78 is 11.0. The molecule has 0 bridgehead atoms. The van der Waals surface area contributed by atoms with Crippen LogP contribution in [-0.4, -0.2) is 15.7 Å². The van der Waals surface area contributed by atoms with E-state index in [1.165, 1.54) is 12.8 Å². The molecule has 1 unspecified atom stereocenters. The highest BCUT2D eigenvalue weighted by Gasteiger charge is 2.22. The van der Waals surface area contributed by atoms with Gasteiger partial charge in [-0.1, -0.05) is 6.92 Å². The minimum absolute atomic E-state index is 0.488. The normalized spacial score (nSPS) is 21.9. The summed E-state index contributed by atoms with van der Waals surface area (Å²) in [5.74, 6) is 2.72. The first-order valence-electron chi connectivity index (χ1n) is 3.68. The van der Waals surface area contributed by atoms with Crippen LogP contribution in [0.2, 0.25) is 0 Å². The maximum Gasteiger partial charge on any atom is 0.0263 e. The molecule has 0 aliphatic heterocycles. The van der Waals surface area contributed by atoms with Gasteiger partial charge in [-0.25, -0.2) is 0 Å². The number of rotatable bonds is 4. The second kappa shape index (κ2) is 3.35. The Morgan fingerprint density at radius 3 is 2.67 bits per heavy atom. The molecule has 0 spiro atoms. The molecular formula is C7H14OS. The summed E-state index contributed by atoms with van der Waals surface area (Å²) >= 11 is 0. The summed E-state index contributed by atoms with van der Waals surface area (Å²) in [6, 6.07) is 0. The molecular weight excluding hydrogens is 132 g/mol. The standard InChI is InChI=1S/C7H14OS/c1-2-5-9(8)6-7-3-4-7/h7H,2-6H2,1H3. The molecule has 0 radical (unpaired) electrons. The van der Waals surface area contributed by atoms with Crippen molar-refractivity contribution < 1.29 is 4.21 Å². The van der Waals surface area contributed by atoms with Gasteiger partial charge in [0.25, 0.3) is 0 Å². The smallest absolute Gasteiger partial charge is 0.0263 e. The van der Waals surface area contributed by atoms with E-state index in [1.807, 2.05) is 0 Å². The van der Waals surface area contributed by atoms with Gasteiger partial charge in [0.2, 0.25) is 0 Å². The second-order valence-electron chi connectivity index (χ2n) is 2.75. The summed E-state index contributed by atoms with van der Waals surface area (Å²) in [5.41, 5.74) is 0. The fraction of sp³-hybridized carbons (Fsp3) is 1.00. The first-order valence-corrected chi connectivity index (χ1v) is 5.16. The van der Waals surface area contributed by atoms with E-state index in [-0.39, 0.29) is 0 Å². The largest absolute Gasteiger partial charge is 0.260 e. The molecule has 1 saturated carbocycles. The van der Waals surface area contributed by atoms with Gasteiger partial charge in [0.05, 0.1) is 0 Å². The summed E-state index contributed by atoms with van der Waals surface area (Å²) in [6.45, 7) is 2.09. The average molecular weight is 146 g/mol. The minimum Gasteiger partial charge on any atom is -0.260 e. The van der Waals surface area contributed by atoms with E-state index in [9.17, 15) is 4.21 Å². The third kappa shape index (κ3) is 2.99. The molecule has 1 aliphatic rings. The second-order valence-corrected chi connectivity index (χ2v) is 4.38. The highest BCUT2D eigenvalue weighted by atomic mass is 32.2. The third-order valence-electron chi connectivity index (χ3n) is 1.55. The first kappa shape index (κ1) is 7.26. The Morgan fingerprint density at radius 1 is 1.56 bits per heavy atom. The molecule has 1 fully saturated rings. The van der Waals surface area contributed by atoms with Gasteiger partial charge in [0.1, 0.15) is 0 Å². The summed E-state index contributed by atoms with van der Waals surface area (Å²) in [6.07, 6.45) is 3.73. The van der Waals surface area contributed by atoms with E-state index < -0.39 is 10.8 Å². The van der Waals surface area contributed by atoms with Gasteiger partial charge < -0.3 is 0 Å². The minimum atomic E-state index is -0.488. The molecule has 0 aromatic rings. The fourth-order valence-electron chi connectivity index (χ4n) is 0.858. The average Bonchev–Trinajstić information content (AvgIpc) is 2.50. The summed E-state index contributed by atoms with van der Waals surface area (Å²) in [4.78, 5) is 0. The van der Waals surface area contributed by atoms with Crippen LogP contribution in [0.25, 0.3) is 0 Å². The van der Waals surface area contributed by atoms with Crippen molar-refractivity contribution in [3.05, 3.63) is 0 Å². The third-order valence-corrected chi connectivity index (χ3v) is 3.26. The monoisotopic (exact) mass is 146 g/mol. The van der Waals surface area contributed by atoms with Crippen molar-refractivity contribution in [2.24, 2.45) is 5.92 Å². The van der Waals surface area contributed by atoms with Crippen LogP contribution in [0.3, 0.4) is 0 Å². The van der Waals surface area contributed by atoms with Crippen LogP contribution in [0.1, 0.15) is 26.2 Å². The molecule has 0 saturated heterocycles. The molecule has 1 atom stereocenters. The van der Waals surface area contributed by atoms with Crippen molar-refractivity contribution in [1.82, 2.24) is 0 Å². The lowest BCUT2D eigenvalue weighted by molar-refractivity contribution is 0.678. The van der Waals surface area contributed by atoms with Gasteiger partial charge >= 0.3 is 0 Å². The van der Waals surface area contributed by atoms with Crippen LogP contribution >= 0.6 is 0 Å². The molecule has 1 aliphatic carbocycles. The van der Waals surface area contributed by atoms with Crippen LogP contribution in [0.15, 0.2) is 0 Å². The lowest BCUT2D eigenvalue weighted by Gasteiger charge is -1.95. The van der Waals surface area contributed by atoms with E-state index in [2.05, 4.69) is 6.92 Å². The van der Waals surface area contributed by atoms with Crippen molar-refractivity contribution in [1.29, 1.82) is 0 Å². The number of hydrogen-bond donors (Lipinski definition) is 0. The summed E-state index contributed by atoms with van der Waals surface area (Å²) in [7, 11) is -0.488. The maximum absolute atomic E-state index is 11.0. The highest BCUT2D eigenvalue weighted by molar-refractivity contribution is 7.84. The topological polar surface area (TPSA) is 17.1 Å². The Bertz CT molecular complexity index is 107.